The van der Waals surface area contributed by atoms with E-state index in [4.69, 9.17) is 21.1 Å². The van der Waals surface area contributed by atoms with Crippen LogP contribution in [0, 0.1) is 0 Å². The van der Waals surface area contributed by atoms with Crippen LogP contribution in [-0.4, -0.2) is 65.3 Å². The Morgan fingerprint density at radius 2 is 1.76 bits per heavy atom. The van der Waals surface area contributed by atoms with Crippen LogP contribution in [0.1, 0.15) is 28.8 Å². The number of benzene rings is 2. The normalized spacial score (nSPS) is 20.8. The van der Waals surface area contributed by atoms with E-state index in [1.807, 2.05) is 12.1 Å². The third kappa shape index (κ3) is 4.55. The Morgan fingerprint density at radius 3 is 2.48 bits per heavy atom. The minimum absolute atomic E-state index is 0.207. The van der Waals surface area contributed by atoms with Gasteiger partial charge in [0.05, 0.1) is 0 Å². The molecular formula is C25H24ClNO5S. The van der Waals surface area contributed by atoms with E-state index in [2.05, 4.69) is 4.90 Å². The first kappa shape index (κ1) is 22.5. The Hall–Kier alpha value is -2.32. The molecule has 6 nitrogen and oxygen atoms in total. The van der Waals surface area contributed by atoms with Crippen LogP contribution in [-0.2, 0) is 9.53 Å². The Bertz CT molecular complexity index is 1110. The number of aliphatic hydroxyl groups excluding tert-OH is 1. The second kappa shape index (κ2) is 9.14. The van der Waals surface area contributed by atoms with Crippen molar-refractivity contribution in [3.8, 4) is 5.75 Å². The quantitative estimate of drug-likeness (QED) is 0.645. The van der Waals surface area contributed by atoms with E-state index in [-0.39, 0.29) is 12.2 Å². The van der Waals surface area contributed by atoms with Crippen molar-refractivity contribution in [1.29, 1.82) is 0 Å². The van der Waals surface area contributed by atoms with Crippen LogP contribution in [0.15, 0.2) is 53.4 Å². The highest BCUT2D eigenvalue weighted by molar-refractivity contribution is 8.04. The van der Waals surface area contributed by atoms with Gasteiger partial charge >= 0.3 is 0 Å². The maximum absolute atomic E-state index is 12.6. The molecular weight excluding hydrogens is 462 g/mol. The molecule has 2 heterocycles. The summed E-state index contributed by atoms with van der Waals surface area (Å²) in [5, 5.41) is 11.1. The Labute approximate surface area is 201 Å². The standard InChI is InChI=1S/C25H24ClNO5S/c26-16-5-7-18(8-6-16)31-14-17(28)13-27-11-9-25(10-12-27)15-33-24-22(30)21(29)19-3-1-2-4-20(19)23(24)32-25/h1-8,17,28H,9-15H2. The number of rotatable bonds is 5. The molecule has 8 heteroatoms. The molecule has 0 bridgehead atoms. The third-order valence-electron chi connectivity index (χ3n) is 6.33. The van der Waals surface area contributed by atoms with Crippen molar-refractivity contribution in [2.24, 2.45) is 0 Å². The van der Waals surface area contributed by atoms with E-state index in [0.29, 0.717) is 44.9 Å². The van der Waals surface area contributed by atoms with Gasteiger partial charge in [-0.05, 0) is 24.3 Å². The number of carbonyl (C=O) groups is 2. The lowest BCUT2D eigenvalue weighted by Gasteiger charge is -2.45. The molecule has 0 aromatic heterocycles. The number of aliphatic hydroxyl groups is 1. The number of fused-ring (bicyclic) bond motifs is 2. The minimum atomic E-state index is -0.612. The molecule has 172 valence electrons. The average Bonchev–Trinajstić information content (AvgIpc) is 2.84. The van der Waals surface area contributed by atoms with Crippen molar-refractivity contribution < 1.29 is 24.2 Å². The lowest BCUT2D eigenvalue weighted by Crippen LogP contribution is -2.51. The van der Waals surface area contributed by atoms with Crippen molar-refractivity contribution >= 4 is 40.7 Å². The molecule has 2 aliphatic heterocycles. The first-order valence-electron chi connectivity index (χ1n) is 11.0. The number of ketones is 2. The Balaban J connectivity index is 1.19. The molecule has 1 fully saturated rings. The molecule has 3 aliphatic rings. The van der Waals surface area contributed by atoms with Crippen molar-refractivity contribution in [2.75, 3.05) is 32.0 Å². The summed E-state index contributed by atoms with van der Waals surface area (Å²) in [5.41, 5.74) is 0.749. The number of ether oxygens (including phenoxy) is 2. The molecule has 2 aromatic carbocycles. The molecule has 2 aromatic rings. The van der Waals surface area contributed by atoms with Crippen LogP contribution >= 0.6 is 23.4 Å². The predicted molar refractivity (Wildman–Crippen MR) is 128 cm³/mol. The van der Waals surface area contributed by atoms with Crippen LogP contribution in [0.5, 0.6) is 5.75 Å². The van der Waals surface area contributed by atoms with Crippen LogP contribution in [0.4, 0.5) is 0 Å². The van der Waals surface area contributed by atoms with Gasteiger partial charge in [0.15, 0.2) is 0 Å². The first-order chi connectivity index (χ1) is 15.9. The van der Waals surface area contributed by atoms with E-state index < -0.39 is 17.7 Å². The van der Waals surface area contributed by atoms with Crippen molar-refractivity contribution in [1.82, 2.24) is 4.90 Å². The molecule has 33 heavy (non-hydrogen) atoms. The summed E-state index contributed by atoms with van der Waals surface area (Å²) in [4.78, 5) is 27.7. The number of carbonyl (C=O) groups excluding carboxylic acids is 2. The second-order valence-electron chi connectivity index (χ2n) is 8.66. The summed E-state index contributed by atoms with van der Waals surface area (Å²) in [6, 6.07) is 14.2. The van der Waals surface area contributed by atoms with Crippen LogP contribution in [0.3, 0.4) is 0 Å². The van der Waals surface area contributed by atoms with E-state index in [1.54, 1.807) is 36.4 Å². The largest absolute Gasteiger partial charge is 0.491 e. The van der Waals surface area contributed by atoms with Gasteiger partial charge in [-0.2, -0.15) is 0 Å². The van der Waals surface area contributed by atoms with Gasteiger partial charge in [-0.3, -0.25) is 9.59 Å². The average molecular weight is 486 g/mol. The number of piperidine rings is 1. The zero-order valence-corrected chi connectivity index (χ0v) is 19.5. The maximum Gasteiger partial charge on any atom is 0.243 e. The van der Waals surface area contributed by atoms with Crippen molar-refractivity contribution in [3.63, 3.8) is 0 Å². The monoisotopic (exact) mass is 485 g/mol. The Morgan fingerprint density at radius 1 is 1.06 bits per heavy atom. The van der Waals surface area contributed by atoms with E-state index in [1.165, 1.54) is 11.8 Å². The van der Waals surface area contributed by atoms with Crippen molar-refractivity contribution in [2.45, 2.75) is 24.5 Å². The topological polar surface area (TPSA) is 76.1 Å². The number of allylic oxidation sites excluding steroid dienone is 1. The molecule has 1 unspecified atom stereocenters. The summed E-state index contributed by atoms with van der Waals surface area (Å²) < 4.78 is 12.1. The maximum atomic E-state index is 12.6. The summed E-state index contributed by atoms with van der Waals surface area (Å²) in [5.74, 6) is 0.944. The van der Waals surface area contributed by atoms with Gasteiger partial charge in [0.25, 0.3) is 0 Å². The summed E-state index contributed by atoms with van der Waals surface area (Å²) in [6.45, 7) is 2.27. The molecule has 1 atom stereocenters. The number of Topliss-reactive ketones (excluding diaryl/α,β-unsaturated/α-hetero) is 2. The molecule has 0 amide bonds. The smallest absolute Gasteiger partial charge is 0.243 e. The summed E-state index contributed by atoms with van der Waals surface area (Å²) in [7, 11) is 0. The zero-order valence-electron chi connectivity index (χ0n) is 18.0. The molecule has 1 N–H and O–H groups in total. The SMILES string of the molecule is O=C1C(=O)c2ccccc2C2=C1SCC1(CCN(CC(O)COc3ccc(Cl)cc3)CC1)O2. The van der Waals surface area contributed by atoms with E-state index in [0.717, 1.165) is 25.9 Å². The molecule has 1 aliphatic carbocycles. The lowest BCUT2D eigenvalue weighted by molar-refractivity contribution is -0.111. The second-order valence-corrected chi connectivity index (χ2v) is 10.1. The molecule has 1 saturated heterocycles. The fourth-order valence-electron chi connectivity index (χ4n) is 4.48. The molecule has 0 radical (unpaired) electrons. The third-order valence-corrected chi connectivity index (χ3v) is 7.91. The van der Waals surface area contributed by atoms with Gasteiger partial charge in [-0.25, -0.2) is 0 Å². The van der Waals surface area contributed by atoms with E-state index in [9.17, 15) is 14.7 Å². The van der Waals surface area contributed by atoms with Crippen LogP contribution < -0.4 is 4.74 Å². The summed E-state index contributed by atoms with van der Waals surface area (Å²) in [6.07, 6.45) is 0.956. The summed E-state index contributed by atoms with van der Waals surface area (Å²) >= 11 is 7.32. The van der Waals surface area contributed by atoms with Gasteiger partial charge in [0, 0.05) is 54.4 Å². The molecule has 1 spiro atoms. The van der Waals surface area contributed by atoms with Crippen LogP contribution in [0.2, 0.25) is 5.02 Å². The van der Waals surface area contributed by atoms with Gasteiger partial charge in [-0.1, -0.05) is 35.9 Å². The number of halogens is 1. The number of hydrogen-bond acceptors (Lipinski definition) is 7. The Kier molecular flexibility index (Phi) is 6.22. The fourth-order valence-corrected chi connectivity index (χ4v) is 5.86. The highest BCUT2D eigenvalue weighted by atomic mass is 35.5. The number of hydrogen-bond donors (Lipinski definition) is 1. The molecule has 0 saturated carbocycles. The zero-order chi connectivity index (χ0) is 23.0. The highest BCUT2D eigenvalue weighted by Gasteiger charge is 2.46. The first-order valence-corrected chi connectivity index (χ1v) is 12.3. The van der Waals surface area contributed by atoms with Gasteiger partial charge in [0.1, 0.15) is 34.7 Å². The highest BCUT2D eigenvalue weighted by Crippen LogP contribution is 2.47. The number of β-amino-alcohol motifs (C(OH)–C–C–N with tert-alkyl or cyclic N) is 1. The number of nitrogens with zero attached hydrogens (tertiary/aromatic N) is 1. The number of likely N-dealkylation sites (tertiary alicyclic amines) is 1. The molecule has 5 rings (SSSR count). The van der Waals surface area contributed by atoms with Gasteiger partial charge in [0.2, 0.25) is 11.6 Å². The van der Waals surface area contributed by atoms with Gasteiger partial charge in [-0.15, -0.1) is 11.8 Å². The van der Waals surface area contributed by atoms with Crippen molar-refractivity contribution in [3.05, 3.63) is 69.6 Å². The van der Waals surface area contributed by atoms with Crippen LogP contribution in [0.25, 0.3) is 5.76 Å². The minimum Gasteiger partial charge on any atom is -0.491 e. The predicted octanol–water partition coefficient (Wildman–Crippen LogP) is 3.81. The van der Waals surface area contributed by atoms with Gasteiger partial charge < -0.3 is 19.5 Å². The fraction of sp³-hybridized carbons (Fsp3) is 0.360. The number of thioether (sulfide) groups is 1. The lowest BCUT2D eigenvalue weighted by atomic mass is 9.90. The van der Waals surface area contributed by atoms with E-state index >= 15 is 0 Å².